The van der Waals surface area contributed by atoms with E-state index in [-0.39, 0.29) is 6.10 Å². The Morgan fingerprint density at radius 2 is 1.86 bits per heavy atom. The summed E-state index contributed by atoms with van der Waals surface area (Å²) in [5.74, 6) is 2.51. The molecule has 3 saturated carbocycles. The second-order valence-electron chi connectivity index (χ2n) is 8.81. The molecule has 0 aromatic heterocycles. The minimum absolute atomic E-state index is 0.0912. The first-order valence-electron chi connectivity index (χ1n) is 9.26. The maximum absolute atomic E-state index is 10.1. The Kier molecular flexibility index (Phi) is 3.26. The predicted octanol–water partition coefficient (Wildman–Crippen LogP) is 5.02. The van der Waals surface area contributed by atoms with Gasteiger partial charge in [0.05, 0.1) is 6.10 Å². The van der Waals surface area contributed by atoms with Crippen LogP contribution in [0.15, 0.2) is 29.5 Å². The zero-order valence-corrected chi connectivity index (χ0v) is 14.2. The highest BCUT2D eigenvalue weighted by Gasteiger charge is 2.57. The summed E-state index contributed by atoms with van der Waals surface area (Å²) in [4.78, 5) is 0. The van der Waals surface area contributed by atoms with E-state index in [1.807, 2.05) is 0 Å². The molecule has 6 atom stereocenters. The van der Waals surface area contributed by atoms with E-state index in [0.717, 1.165) is 30.6 Å². The number of fused-ring (bicyclic) bond motifs is 5. The molecular formula is C21H30O. The Morgan fingerprint density at radius 1 is 1.14 bits per heavy atom. The number of hydrogen-bond acceptors (Lipinski definition) is 1. The largest absolute Gasteiger partial charge is 0.393 e. The standard InChI is InChI=1S/C21H30O/c1-4-14-6-8-18-17-7-5-15-13-16(22)9-11-21(15,3)19(17)10-12-20(14,18)2/h5,16-19,22H,1,6-13H2,2-3H3/t16?,17-,18-,19-,20+,21-/m0/s1. The molecule has 0 aliphatic heterocycles. The van der Waals surface area contributed by atoms with Gasteiger partial charge in [0, 0.05) is 0 Å². The molecule has 0 amide bonds. The highest BCUT2D eigenvalue weighted by Crippen LogP contribution is 2.65. The van der Waals surface area contributed by atoms with Crippen LogP contribution in [0.3, 0.4) is 0 Å². The smallest absolute Gasteiger partial charge is 0.0577 e. The van der Waals surface area contributed by atoms with Crippen LogP contribution in [0.1, 0.15) is 65.2 Å². The summed E-state index contributed by atoms with van der Waals surface area (Å²) < 4.78 is 0. The van der Waals surface area contributed by atoms with E-state index in [0.29, 0.717) is 10.8 Å². The summed E-state index contributed by atoms with van der Waals surface area (Å²) in [6.45, 7) is 8.96. The van der Waals surface area contributed by atoms with Gasteiger partial charge < -0.3 is 5.11 Å². The Bertz CT molecular complexity index is 566. The third-order valence-electron chi connectivity index (χ3n) is 8.08. The first kappa shape index (κ1) is 14.8. The molecule has 1 N–H and O–H groups in total. The normalized spacial score (nSPS) is 50.5. The van der Waals surface area contributed by atoms with Crippen LogP contribution in [0.5, 0.6) is 0 Å². The maximum atomic E-state index is 10.1. The highest BCUT2D eigenvalue weighted by molar-refractivity contribution is 5.28. The van der Waals surface area contributed by atoms with Gasteiger partial charge in [-0.2, -0.15) is 0 Å². The lowest BCUT2D eigenvalue weighted by Crippen LogP contribution is -2.49. The van der Waals surface area contributed by atoms with Gasteiger partial charge in [0.1, 0.15) is 0 Å². The summed E-state index contributed by atoms with van der Waals surface area (Å²) >= 11 is 0. The molecule has 0 heterocycles. The van der Waals surface area contributed by atoms with Crippen LogP contribution in [0.2, 0.25) is 0 Å². The second-order valence-corrected chi connectivity index (χ2v) is 8.81. The zero-order chi connectivity index (χ0) is 15.5. The van der Waals surface area contributed by atoms with Crippen LogP contribution in [-0.4, -0.2) is 11.2 Å². The minimum Gasteiger partial charge on any atom is -0.393 e. The van der Waals surface area contributed by atoms with Crippen molar-refractivity contribution in [1.82, 2.24) is 0 Å². The maximum Gasteiger partial charge on any atom is 0.0577 e. The first-order valence-corrected chi connectivity index (χ1v) is 9.26. The topological polar surface area (TPSA) is 20.2 Å². The molecule has 120 valence electrons. The van der Waals surface area contributed by atoms with Crippen molar-refractivity contribution in [2.75, 3.05) is 0 Å². The molecule has 22 heavy (non-hydrogen) atoms. The molecule has 4 aliphatic rings. The van der Waals surface area contributed by atoms with Crippen molar-refractivity contribution in [2.45, 2.75) is 71.3 Å². The van der Waals surface area contributed by atoms with Gasteiger partial charge in [-0.05, 0) is 85.5 Å². The quantitative estimate of drug-likeness (QED) is 0.491. The van der Waals surface area contributed by atoms with Gasteiger partial charge in [-0.1, -0.05) is 32.1 Å². The van der Waals surface area contributed by atoms with Crippen molar-refractivity contribution in [3.8, 4) is 0 Å². The number of aliphatic hydroxyl groups is 1. The van der Waals surface area contributed by atoms with Crippen molar-refractivity contribution in [1.29, 1.82) is 0 Å². The van der Waals surface area contributed by atoms with Gasteiger partial charge in [0.15, 0.2) is 0 Å². The fraction of sp³-hybridized carbons (Fsp3) is 0.762. The summed E-state index contributed by atoms with van der Waals surface area (Å²) in [7, 11) is 0. The third-order valence-corrected chi connectivity index (χ3v) is 8.08. The van der Waals surface area contributed by atoms with Crippen LogP contribution in [0, 0.1) is 28.6 Å². The lowest BCUT2D eigenvalue weighted by atomic mass is 9.48. The minimum atomic E-state index is -0.0912. The third kappa shape index (κ3) is 1.82. The average molecular weight is 298 g/mol. The second kappa shape index (κ2) is 4.86. The Morgan fingerprint density at radius 3 is 2.64 bits per heavy atom. The van der Waals surface area contributed by atoms with Crippen LogP contribution in [-0.2, 0) is 0 Å². The van der Waals surface area contributed by atoms with Gasteiger partial charge >= 0.3 is 0 Å². The number of rotatable bonds is 0. The summed E-state index contributed by atoms with van der Waals surface area (Å²) in [6, 6.07) is 0. The Hall–Kier alpha value is -0.780. The fourth-order valence-corrected chi connectivity index (χ4v) is 6.74. The summed E-state index contributed by atoms with van der Waals surface area (Å²) in [5.41, 5.74) is 7.11. The molecular weight excluding hydrogens is 268 g/mol. The monoisotopic (exact) mass is 298 g/mol. The van der Waals surface area contributed by atoms with E-state index in [1.165, 1.54) is 44.1 Å². The lowest BCUT2D eigenvalue weighted by Gasteiger charge is -2.57. The molecule has 0 aromatic rings. The first-order chi connectivity index (χ1) is 10.5. The molecule has 0 radical (unpaired) electrons. The van der Waals surface area contributed by atoms with E-state index in [9.17, 15) is 5.11 Å². The van der Waals surface area contributed by atoms with Crippen molar-refractivity contribution >= 4 is 0 Å². The van der Waals surface area contributed by atoms with Crippen LogP contribution in [0.4, 0.5) is 0 Å². The highest BCUT2D eigenvalue weighted by atomic mass is 16.3. The van der Waals surface area contributed by atoms with E-state index in [4.69, 9.17) is 0 Å². The van der Waals surface area contributed by atoms with E-state index >= 15 is 0 Å². The molecule has 4 aliphatic carbocycles. The average Bonchev–Trinajstić information content (AvgIpc) is 2.84. The summed E-state index contributed by atoms with van der Waals surface area (Å²) in [6.07, 6.45) is 12.0. The lowest BCUT2D eigenvalue weighted by molar-refractivity contribution is -0.0267. The van der Waals surface area contributed by atoms with Crippen molar-refractivity contribution < 1.29 is 5.11 Å². The molecule has 1 unspecified atom stereocenters. The van der Waals surface area contributed by atoms with Gasteiger partial charge in [0.2, 0.25) is 0 Å². The molecule has 0 aromatic carbocycles. The number of aliphatic hydroxyl groups excluding tert-OH is 1. The molecule has 3 fully saturated rings. The molecule has 0 spiro atoms. The molecule has 4 rings (SSSR count). The van der Waals surface area contributed by atoms with Crippen molar-refractivity contribution in [3.63, 3.8) is 0 Å². The van der Waals surface area contributed by atoms with Crippen molar-refractivity contribution in [3.05, 3.63) is 29.5 Å². The Balaban J connectivity index is 1.70. The van der Waals surface area contributed by atoms with Crippen molar-refractivity contribution in [2.24, 2.45) is 28.6 Å². The zero-order valence-electron chi connectivity index (χ0n) is 14.2. The van der Waals surface area contributed by atoms with E-state index < -0.39 is 0 Å². The molecule has 0 bridgehead atoms. The SMILES string of the molecule is C=C=C1CC[C@H]2[C@@H]3CC=C4CC(O)CC[C@]4(C)[C@H]3CC[C@]12C. The number of hydrogen-bond donors (Lipinski definition) is 1. The fourth-order valence-electron chi connectivity index (χ4n) is 6.74. The number of allylic oxidation sites excluding steroid dienone is 2. The molecule has 0 saturated heterocycles. The predicted molar refractivity (Wildman–Crippen MR) is 90.4 cm³/mol. The van der Waals surface area contributed by atoms with E-state index in [2.05, 4.69) is 32.2 Å². The van der Waals surface area contributed by atoms with Gasteiger partial charge in [-0.25, -0.2) is 0 Å². The molecule has 1 heteroatoms. The molecule has 1 nitrogen and oxygen atoms in total. The van der Waals surface area contributed by atoms with Crippen LogP contribution in [0.25, 0.3) is 0 Å². The summed E-state index contributed by atoms with van der Waals surface area (Å²) in [5, 5.41) is 10.1. The van der Waals surface area contributed by atoms with Gasteiger partial charge in [-0.15, -0.1) is 5.73 Å². The van der Waals surface area contributed by atoms with Crippen LogP contribution < -0.4 is 0 Å². The van der Waals surface area contributed by atoms with Gasteiger partial charge in [-0.3, -0.25) is 0 Å². The van der Waals surface area contributed by atoms with E-state index in [1.54, 1.807) is 5.57 Å². The van der Waals surface area contributed by atoms with Gasteiger partial charge in [0.25, 0.3) is 0 Å². The van der Waals surface area contributed by atoms with Crippen LogP contribution >= 0.6 is 0 Å². The Labute approximate surface area is 135 Å².